The number of aromatic nitrogens is 2. The van der Waals surface area contributed by atoms with E-state index in [0.717, 1.165) is 16.8 Å². The zero-order valence-electron chi connectivity index (χ0n) is 19.9. The first-order valence-electron chi connectivity index (χ1n) is 11.5. The maximum Gasteiger partial charge on any atom is 0.244 e. The lowest BCUT2D eigenvalue weighted by atomic mass is 10.2. The van der Waals surface area contributed by atoms with Crippen LogP contribution >= 0.6 is 0 Å². The Morgan fingerprint density at radius 3 is 2.59 bits per heavy atom. The minimum atomic E-state index is 0.0482. The third-order valence-corrected chi connectivity index (χ3v) is 5.66. The average molecular weight is 465 g/mol. The molecule has 34 heavy (non-hydrogen) atoms. The monoisotopic (exact) mass is 464 g/mol. The van der Waals surface area contributed by atoms with Gasteiger partial charge in [-0.05, 0) is 37.1 Å². The lowest BCUT2D eigenvalue weighted by molar-refractivity contribution is -0.144. The fourth-order valence-corrected chi connectivity index (χ4v) is 4.04. The van der Waals surface area contributed by atoms with Crippen molar-refractivity contribution in [1.82, 2.24) is 14.7 Å². The molecule has 1 aromatic heterocycles. The SMILES string of the molecule is COc1ccc(CNc2cnn(CC(=O)N3CC(C)OC(C)C3)c2)cc1OCc1ccccc1. The molecule has 2 atom stereocenters. The topological polar surface area (TPSA) is 77.9 Å². The van der Waals surface area contributed by atoms with E-state index in [-0.39, 0.29) is 24.7 Å². The van der Waals surface area contributed by atoms with Gasteiger partial charge < -0.3 is 24.4 Å². The van der Waals surface area contributed by atoms with E-state index in [9.17, 15) is 4.79 Å². The first-order chi connectivity index (χ1) is 16.5. The highest BCUT2D eigenvalue weighted by molar-refractivity contribution is 5.76. The standard InChI is InChI=1S/C26H32N4O4/c1-19-14-29(15-20(2)34-19)26(31)17-30-16-23(13-28-30)27-12-22-9-10-24(32-3)25(11-22)33-18-21-7-5-4-6-8-21/h4-11,13,16,19-20,27H,12,14-15,17-18H2,1-3H3. The van der Waals surface area contributed by atoms with Crippen molar-refractivity contribution in [3.05, 3.63) is 72.1 Å². The van der Waals surface area contributed by atoms with E-state index in [1.807, 2.05) is 73.5 Å². The quantitative estimate of drug-likeness (QED) is 0.520. The molecule has 0 saturated carbocycles. The molecule has 1 aliphatic heterocycles. The van der Waals surface area contributed by atoms with Gasteiger partial charge >= 0.3 is 0 Å². The van der Waals surface area contributed by atoms with E-state index in [4.69, 9.17) is 14.2 Å². The molecule has 0 radical (unpaired) electrons. The van der Waals surface area contributed by atoms with Crippen LogP contribution in [0.4, 0.5) is 5.69 Å². The number of hydrogen-bond donors (Lipinski definition) is 1. The maximum atomic E-state index is 12.7. The number of morpholine rings is 1. The van der Waals surface area contributed by atoms with Gasteiger partial charge in [0.1, 0.15) is 13.2 Å². The van der Waals surface area contributed by atoms with Crippen LogP contribution in [0.3, 0.4) is 0 Å². The summed E-state index contributed by atoms with van der Waals surface area (Å²) in [4.78, 5) is 14.5. The normalized spacial score (nSPS) is 17.9. The summed E-state index contributed by atoms with van der Waals surface area (Å²) in [7, 11) is 1.64. The van der Waals surface area contributed by atoms with E-state index in [2.05, 4.69) is 10.4 Å². The van der Waals surface area contributed by atoms with Gasteiger partial charge in [-0.3, -0.25) is 9.48 Å². The molecule has 0 aliphatic carbocycles. The number of benzene rings is 2. The van der Waals surface area contributed by atoms with Crippen molar-refractivity contribution in [2.24, 2.45) is 0 Å². The average Bonchev–Trinajstić information content (AvgIpc) is 3.28. The summed E-state index contributed by atoms with van der Waals surface area (Å²) in [6.45, 7) is 6.47. The number of rotatable bonds is 9. The molecule has 1 saturated heterocycles. The molecular weight excluding hydrogens is 432 g/mol. The highest BCUT2D eigenvalue weighted by Gasteiger charge is 2.26. The summed E-state index contributed by atoms with van der Waals surface area (Å²) >= 11 is 0. The third-order valence-electron chi connectivity index (χ3n) is 5.66. The minimum absolute atomic E-state index is 0.0482. The van der Waals surface area contributed by atoms with Crippen molar-refractivity contribution in [2.75, 3.05) is 25.5 Å². The number of anilines is 1. The Balaban J connectivity index is 1.32. The van der Waals surface area contributed by atoms with Crippen LogP contribution in [0.2, 0.25) is 0 Å². The number of ether oxygens (including phenoxy) is 3. The van der Waals surface area contributed by atoms with E-state index < -0.39 is 0 Å². The molecule has 3 aromatic rings. The second-order valence-corrected chi connectivity index (χ2v) is 8.60. The van der Waals surface area contributed by atoms with Gasteiger partial charge in [0.2, 0.25) is 5.91 Å². The largest absolute Gasteiger partial charge is 0.493 e. The van der Waals surface area contributed by atoms with Crippen LogP contribution in [-0.2, 0) is 29.2 Å². The zero-order chi connectivity index (χ0) is 23.9. The Bertz CT molecular complexity index is 1080. The van der Waals surface area contributed by atoms with Crippen molar-refractivity contribution in [2.45, 2.75) is 45.8 Å². The van der Waals surface area contributed by atoms with Gasteiger partial charge in [-0.2, -0.15) is 5.10 Å². The first kappa shape index (κ1) is 23.6. The molecule has 2 aromatic carbocycles. The maximum absolute atomic E-state index is 12.7. The number of carbonyl (C=O) groups is 1. The number of carbonyl (C=O) groups excluding carboxylic acids is 1. The molecule has 1 amide bonds. The fourth-order valence-electron chi connectivity index (χ4n) is 4.04. The molecule has 180 valence electrons. The molecular formula is C26H32N4O4. The molecule has 1 fully saturated rings. The van der Waals surface area contributed by atoms with Crippen LogP contribution in [0, 0.1) is 0 Å². The third kappa shape index (κ3) is 6.29. The first-order valence-corrected chi connectivity index (χ1v) is 11.5. The fraction of sp³-hybridized carbons (Fsp3) is 0.385. The van der Waals surface area contributed by atoms with Crippen LogP contribution in [0.25, 0.3) is 0 Å². The summed E-state index contributed by atoms with van der Waals surface area (Å²) < 4.78 is 18.8. The Kier molecular flexibility index (Phi) is 7.69. The smallest absolute Gasteiger partial charge is 0.244 e. The van der Waals surface area contributed by atoms with E-state index >= 15 is 0 Å². The van der Waals surface area contributed by atoms with E-state index in [1.54, 1.807) is 18.0 Å². The number of methoxy groups -OCH3 is 1. The highest BCUT2D eigenvalue weighted by atomic mass is 16.5. The van der Waals surface area contributed by atoms with Crippen molar-refractivity contribution in [3.63, 3.8) is 0 Å². The van der Waals surface area contributed by atoms with Gasteiger partial charge in [0.15, 0.2) is 11.5 Å². The van der Waals surface area contributed by atoms with Crippen LogP contribution in [0.5, 0.6) is 11.5 Å². The number of hydrogen-bond acceptors (Lipinski definition) is 6. The molecule has 2 unspecified atom stereocenters. The summed E-state index contributed by atoms with van der Waals surface area (Å²) in [6.07, 6.45) is 3.68. The molecule has 0 bridgehead atoms. The van der Waals surface area contributed by atoms with Crippen LogP contribution in [-0.4, -0.2) is 53.0 Å². The molecule has 8 heteroatoms. The Hall–Kier alpha value is -3.52. The van der Waals surface area contributed by atoms with Crippen LogP contribution in [0.15, 0.2) is 60.9 Å². The second-order valence-electron chi connectivity index (χ2n) is 8.60. The molecule has 2 heterocycles. The molecule has 1 aliphatic rings. The minimum Gasteiger partial charge on any atom is -0.493 e. The number of nitrogens with zero attached hydrogens (tertiary/aromatic N) is 3. The predicted molar refractivity (Wildman–Crippen MR) is 130 cm³/mol. The Morgan fingerprint density at radius 2 is 1.85 bits per heavy atom. The van der Waals surface area contributed by atoms with Gasteiger partial charge in [0, 0.05) is 25.8 Å². The molecule has 1 N–H and O–H groups in total. The van der Waals surface area contributed by atoms with Gasteiger partial charge in [0.05, 0.1) is 31.2 Å². The number of amides is 1. The molecule has 4 rings (SSSR count). The predicted octanol–water partition coefficient (Wildman–Crippen LogP) is 3.72. The zero-order valence-corrected chi connectivity index (χ0v) is 19.9. The van der Waals surface area contributed by atoms with Crippen molar-refractivity contribution in [1.29, 1.82) is 0 Å². The van der Waals surface area contributed by atoms with Gasteiger partial charge in [-0.15, -0.1) is 0 Å². The van der Waals surface area contributed by atoms with Gasteiger partial charge in [-0.1, -0.05) is 36.4 Å². The highest BCUT2D eigenvalue weighted by Crippen LogP contribution is 2.29. The summed E-state index contributed by atoms with van der Waals surface area (Å²) in [5, 5.41) is 7.70. The summed E-state index contributed by atoms with van der Waals surface area (Å²) in [5.41, 5.74) is 2.99. The van der Waals surface area contributed by atoms with Gasteiger partial charge in [0.25, 0.3) is 0 Å². The Morgan fingerprint density at radius 1 is 1.09 bits per heavy atom. The molecule has 8 nitrogen and oxygen atoms in total. The van der Waals surface area contributed by atoms with Gasteiger partial charge in [-0.25, -0.2) is 0 Å². The summed E-state index contributed by atoms with van der Waals surface area (Å²) in [5.74, 6) is 1.44. The van der Waals surface area contributed by atoms with E-state index in [0.29, 0.717) is 37.7 Å². The van der Waals surface area contributed by atoms with Crippen molar-refractivity contribution in [3.8, 4) is 11.5 Å². The lowest BCUT2D eigenvalue weighted by Crippen LogP contribution is -2.49. The second kappa shape index (κ2) is 11.1. The van der Waals surface area contributed by atoms with Crippen molar-refractivity contribution < 1.29 is 19.0 Å². The molecule has 0 spiro atoms. The Labute approximate surface area is 200 Å². The van der Waals surface area contributed by atoms with Crippen molar-refractivity contribution >= 4 is 11.6 Å². The van der Waals surface area contributed by atoms with E-state index in [1.165, 1.54) is 0 Å². The van der Waals surface area contributed by atoms with Crippen LogP contribution in [0.1, 0.15) is 25.0 Å². The summed E-state index contributed by atoms with van der Waals surface area (Å²) in [6, 6.07) is 15.9. The number of nitrogens with one attached hydrogen (secondary N) is 1. The lowest BCUT2D eigenvalue weighted by Gasteiger charge is -2.35. The van der Waals surface area contributed by atoms with Crippen LogP contribution < -0.4 is 14.8 Å².